The minimum atomic E-state index is 1.11. The molecule has 12 rings (SSSR count). The van der Waals surface area contributed by atoms with Crippen LogP contribution in [-0.4, -0.2) is 0 Å². The van der Waals surface area contributed by atoms with Crippen LogP contribution in [0.15, 0.2) is 89.4 Å². The van der Waals surface area contributed by atoms with E-state index in [1.54, 1.807) is 0 Å². The Balaban J connectivity index is 0.000000142. The first kappa shape index (κ1) is 23.1. The monoisotopic (exact) mass is 508 g/mol. The van der Waals surface area contributed by atoms with Crippen LogP contribution in [0, 0.1) is 6.92 Å². The Kier molecular flexibility index (Phi) is 7.30. The molecular formula is C33H33Br. The van der Waals surface area contributed by atoms with Crippen LogP contribution in [-0.2, 0) is 51.4 Å². The van der Waals surface area contributed by atoms with Gasteiger partial charge in [0.05, 0.1) is 0 Å². The predicted molar refractivity (Wildman–Crippen MR) is 148 cm³/mol. The molecule has 4 aromatic rings. The van der Waals surface area contributed by atoms with Crippen molar-refractivity contribution in [2.75, 3.05) is 0 Å². The van der Waals surface area contributed by atoms with Gasteiger partial charge in [-0.05, 0) is 114 Å². The van der Waals surface area contributed by atoms with Gasteiger partial charge >= 0.3 is 0 Å². The molecule has 0 N–H and O–H groups in total. The van der Waals surface area contributed by atoms with Crippen molar-refractivity contribution in [2.45, 2.75) is 58.3 Å². The quantitative estimate of drug-likeness (QED) is 0.224. The molecule has 0 amide bonds. The lowest BCUT2D eigenvalue weighted by Crippen LogP contribution is -2.00. The average molecular weight is 510 g/mol. The average Bonchev–Trinajstić information content (AvgIpc) is 2.84. The molecule has 0 atom stereocenters. The first-order chi connectivity index (χ1) is 16.6. The highest BCUT2D eigenvalue weighted by atomic mass is 79.9. The van der Waals surface area contributed by atoms with Crippen molar-refractivity contribution in [1.82, 2.24) is 0 Å². The molecule has 0 radical (unpaired) electrons. The minimum Gasteiger partial charge on any atom is -0.0588 e. The van der Waals surface area contributed by atoms with E-state index in [4.69, 9.17) is 0 Å². The molecule has 8 bridgehead atoms. The van der Waals surface area contributed by atoms with E-state index in [0.29, 0.717) is 0 Å². The summed E-state index contributed by atoms with van der Waals surface area (Å²) < 4.78 is 1.27. The number of aryl methyl sites for hydroxylation is 9. The zero-order chi connectivity index (χ0) is 23.3. The Morgan fingerprint density at radius 1 is 0.412 bits per heavy atom. The van der Waals surface area contributed by atoms with E-state index in [-0.39, 0.29) is 0 Å². The van der Waals surface area contributed by atoms with Gasteiger partial charge in [-0.25, -0.2) is 0 Å². The summed E-state index contributed by atoms with van der Waals surface area (Å²) >= 11 is 3.70. The Morgan fingerprint density at radius 3 is 1.21 bits per heavy atom. The smallest absolute Gasteiger partial charge is 0.0210 e. The molecular weight excluding hydrogens is 476 g/mol. The molecule has 0 aromatic heterocycles. The molecule has 1 heteroatoms. The van der Waals surface area contributed by atoms with Crippen LogP contribution >= 0.6 is 15.9 Å². The van der Waals surface area contributed by atoms with Crippen molar-refractivity contribution in [3.05, 3.63) is 139 Å². The Morgan fingerprint density at radius 2 is 0.765 bits per heavy atom. The topological polar surface area (TPSA) is 0 Å². The zero-order valence-corrected chi connectivity index (χ0v) is 21.7. The lowest BCUT2D eigenvalue weighted by Gasteiger charge is -2.13. The lowest BCUT2D eigenvalue weighted by atomic mass is 9.94. The van der Waals surface area contributed by atoms with Gasteiger partial charge in [0.25, 0.3) is 0 Å². The molecule has 0 heterocycles. The van der Waals surface area contributed by atoms with E-state index in [1.165, 1.54) is 54.5 Å². The number of hydrogen-bond donors (Lipinski definition) is 0. The van der Waals surface area contributed by atoms with Gasteiger partial charge in [0, 0.05) is 4.47 Å². The van der Waals surface area contributed by atoms with Gasteiger partial charge < -0.3 is 0 Å². The van der Waals surface area contributed by atoms with E-state index < -0.39 is 0 Å². The summed E-state index contributed by atoms with van der Waals surface area (Å²) in [5, 5.41) is 0. The second-order valence-corrected chi connectivity index (χ2v) is 10.7. The molecule has 172 valence electrons. The fourth-order valence-corrected chi connectivity index (χ4v) is 5.65. The van der Waals surface area contributed by atoms with Gasteiger partial charge in [0.2, 0.25) is 0 Å². The molecule has 0 aliphatic heterocycles. The van der Waals surface area contributed by atoms with Crippen LogP contribution < -0.4 is 0 Å². The summed E-state index contributed by atoms with van der Waals surface area (Å²) in [5.74, 6) is 0. The summed E-state index contributed by atoms with van der Waals surface area (Å²) in [6.07, 6.45) is 9.11. The second-order valence-electron chi connectivity index (χ2n) is 9.82. The van der Waals surface area contributed by atoms with E-state index in [2.05, 4.69) is 108 Å². The van der Waals surface area contributed by atoms with Crippen molar-refractivity contribution in [3.8, 4) is 0 Å². The van der Waals surface area contributed by atoms with Gasteiger partial charge in [-0.1, -0.05) is 94.8 Å². The first-order valence-corrected chi connectivity index (χ1v) is 13.4. The standard InChI is InChI=1S/C17H17Br.C16H16/c1-12-10-13-2-6-15(12)7-3-14-5-9-16(8-4-13)17(18)11-14;1-2-14-4-3-13(1)9-10-15-5-7-16(8-6-15)12-11-14/h2,5-6,9-11H,3-4,7-8H2,1H3;1-8H,9-12H2. The molecule has 0 saturated heterocycles. The maximum absolute atomic E-state index is 3.70. The van der Waals surface area contributed by atoms with Crippen LogP contribution in [0.1, 0.15) is 50.1 Å². The Labute approximate surface area is 213 Å². The number of benzene rings is 4. The van der Waals surface area contributed by atoms with Crippen LogP contribution in [0.2, 0.25) is 0 Å². The van der Waals surface area contributed by atoms with E-state index >= 15 is 0 Å². The van der Waals surface area contributed by atoms with Gasteiger partial charge in [-0.15, -0.1) is 0 Å². The molecule has 34 heavy (non-hydrogen) atoms. The van der Waals surface area contributed by atoms with E-state index in [0.717, 1.165) is 51.4 Å². The lowest BCUT2D eigenvalue weighted by molar-refractivity contribution is 0.908. The van der Waals surface area contributed by atoms with Crippen molar-refractivity contribution < 1.29 is 0 Å². The minimum absolute atomic E-state index is 1.11. The van der Waals surface area contributed by atoms with Crippen molar-refractivity contribution in [1.29, 1.82) is 0 Å². The molecule has 0 nitrogen and oxygen atoms in total. The molecule has 0 unspecified atom stereocenters. The highest BCUT2D eigenvalue weighted by Gasteiger charge is 2.08. The molecule has 0 spiro atoms. The zero-order valence-electron chi connectivity index (χ0n) is 20.1. The van der Waals surface area contributed by atoms with Crippen LogP contribution in [0.3, 0.4) is 0 Å². The summed E-state index contributed by atoms with van der Waals surface area (Å²) in [4.78, 5) is 0. The van der Waals surface area contributed by atoms with Gasteiger partial charge in [-0.3, -0.25) is 0 Å². The summed E-state index contributed by atoms with van der Waals surface area (Å²) in [7, 11) is 0. The second kappa shape index (κ2) is 10.7. The number of rotatable bonds is 0. The maximum Gasteiger partial charge on any atom is 0.0210 e. The van der Waals surface area contributed by atoms with Crippen LogP contribution in [0.4, 0.5) is 0 Å². The van der Waals surface area contributed by atoms with Crippen molar-refractivity contribution in [3.63, 3.8) is 0 Å². The SMILES string of the molecule is Cc1cc2ccc1CCc1ccc(c(Br)c1)CC2.c1cc2ccc1CCc1ccc(cc1)CC2. The Bertz CT molecular complexity index is 1100. The normalized spacial score (nSPS) is 14.4. The van der Waals surface area contributed by atoms with Gasteiger partial charge in [0.15, 0.2) is 0 Å². The largest absolute Gasteiger partial charge is 0.0588 e. The first-order valence-electron chi connectivity index (χ1n) is 12.6. The van der Waals surface area contributed by atoms with Crippen LogP contribution in [0.5, 0.6) is 0 Å². The van der Waals surface area contributed by atoms with Crippen LogP contribution in [0.25, 0.3) is 0 Å². The van der Waals surface area contributed by atoms with Crippen molar-refractivity contribution in [2.24, 2.45) is 0 Å². The molecule has 0 saturated carbocycles. The highest BCUT2D eigenvalue weighted by molar-refractivity contribution is 9.10. The molecule has 4 aromatic carbocycles. The number of hydrogen-bond acceptors (Lipinski definition) is 0. The van der Waals surface area contributed by atoms with E-state index in [9.17, 15) is 0 Å². The Hall–Kier alpha value is -2.64. The van der Waals surface area contributed by atoms with Gasteiger partial charge in [-0.2, -0.15) is 0 Å². The third-order valence-electron chi connectivity index (χ3n) is 7.34. The molecule has 0 fully saturated rings. The molecule has 8 aliphatic rings. The maximum atomic E-state index is 3.70. The number of halogens is 1. The molecule has 8 aliphatic carbocycles. The fourth-order valence-electron chi connectivity index (χ4n) is 5.02. The van der Waals surface area contributed by atoms with Crippen molar-refractivity contribution >= 4 is 15.9 Å². The summed E-state index contributed by atoms with van der Waals surface area (Å²) in [6.45, 7) is 2.24. The third-order valence-corrected chi connectivity index (χ3v) is 8.08. The van der Waals surface area contributed by atoms with Gasteiger partial charge in [0.1, 0.15) is 0 Å². The fraction of sp³-hybridized carbons (Fsp3) is 0.273. The summed E-state index contributed by atoms with van der Waals surface area (Å²) in [5.41, 5.74) is 13.0. The third kappa shape index (κ3) is 5.88. The summed E-state index contributed by atoms with van der Waals surface area (Å²) in [6, 6.07) is 32.1. The predicted octanol–water partition coefficient (Wildman–Crippen LogP) is 8.21. The highest BCUT2D eigenvalue weighted by Crippen LogP contribution is 2.24. The van der Waals surface area contributed by atoms with E-state index in [1.807, 2.05) is 0 Å².